The van der Waals surface area contributed by atoms with Crippen LogP contribution in [0.5, 0.6) is 0 Å². The van der Waals surface area contributed by atoms with Gasteiger partial charge in [0.25, 0.3) is 5.91 Å². The van der Waals surface area contributed by atoms with E-state index in [9.17, 15) is 4.79 Å². The number of pyridine rings is 1. The second kappa shape index (κ2) is 6.37. The van der Waals surface area contributed by atoms with Gasteiger partial charge in [-0.3, -0.25) is 4.79 Å². The summed E-state index contributed by atoms with van der Waals surface area (Å²) in [5.74, 6) is 0.271. The zero-order chi connectivity index (χ0) is 12.0. The molecule has 4 nitrogen and oxygen atoms in total. The van der Waals surface area contributed by atoms with Crippen LogP contribution in [-0.2, 0) is 0 Å². The van der Waals surface area contributed by atoms with Crippen molar-refractivity contribution in [3.05, 3.63) is 23.9 Å². The van der Waals surface area contributed by atoms with Crippen molar-refractivity contribution in [3.8, 4) is 0 Å². The molecule has 0 bridgehead atoms. The van der Waals surface area contributed by atoms with Gasteiger partial charge in [0.05, 0.1) is 0 Å². The Balaban J connectivity index is 2.41. The lowest BCUT2D eigenvalue weighted by Gasteiger charge is -2.09. The third kappa shape index (κ3) is 4.10. The summed E-state index contributed by atoms with van der Waals surface area (Å²) in [5, 5.41) is 3.41. The van der Waals surface area contributed by atoms with Crippen LogP contribution in [0.15, 0.2) is 18.3 Å². The summed E-state index contributed by atoms with van der Waals surface area (Å²) in [6.07, 6.45) is 4.57. The van der Waals surface area contributed by atoms with E-state index >= 15 is 0 Å². The summed E-state index contributed by atoms with van der Waals surface area (Å²) in [6, 6.07) is 3.23. The van der Waals surface area contributed by atoms with Crippen molar-refractivity contribution in [2.75, 3.05) is 18.5 Å². The number of thioether (sulfide) groups is 1. The third-order valence-electron chi connectivity index (χ3n) is 2.28. The van der Waals surface area contributed by atoms with Gasteiger partial charge in [-0.15, -0.1) is 0 Å². The van der Waals surface area contributed by atoms with E-state index in [1.165, 1.54) is 6.20 Å². The molecule has 0 fully saturated rings. The molecule has 0 radical (unpaired) electrons. The molecular weight excluding hydrogens is 222 g/mol. The molecule has 0 saturated carbocycles. The van der Waals surface area contributed by atoms with E-state index < -0.39 is 0 Å². The quantitative estimate of drug-likeness (QED) is 0.817. The van der Waals surface area contributed by atoms with Gasteiger partial charge in [-0.1, -0.05) is 6.92 Å². The fourth-order valence-electron chi connectivity index (χ4n) is 1.20. The Morgan fingerprint density at radius 3 is 3.06 bits per heavy atom. The maximum atomic E-state index is 11.7. The molecule has 0 spiro atoms. The average Bonchev–Trinajstić information content (AvgIpc) is 2.28. The number of hydrogen-bond acceptors (Lipinski definition) is 4. The van der Waals surface area contributed by atoms with Gasteiger partial charge in [0.2, 0.25) is 0 Å². The van der Waals surface area contributed by atoms with Gasteiger partial charge < -0.3 is 11.1 Å². The molecule has 0 aliphatic rings. The second-order valence-corrected chi connectivity index (χ2v) is 4.84. The maximum Gasteiger partial charge on any atom is 0.251 e. The average molecular weight is 239 g/mol. The first-order valence-electron chi connectivity index (χ1n) is 5.16. The van der Waals surface area contributed by atoms with Gasteiger partial charge >= 0.3 is 0 Å². The normalized spacial score (nSPS) is 12.1. The van der Waals surface area contributed by atoms with E-state index in [1.54, 1.807) is 23.9 Å². The highest BCUT2D eigenvalue weighted by atomic mass is 32.2. The van der Waals surface area contributed by atoms with E-state index in [1.807, 2.05) is 0 Å². The van der Waals surface area contributed by atoms with Crippen LogP contribution in [0.1, 0.15) is 23.7 Å². The molecule has 1 rings (SSSR count). The van der Waals surface area contributed by atoms with Crippen molar-refractivity contribution < 1.29 is 4.79 Å². The molecule has 16 heavy (non-hydrogen) atoms. The van der Waals surface area contributed by atoms with Crippen LogP contribution in [0.4, 0.5) is 5.82 Å². The Labute approximate surface area is 100 Å². The Hall–Kier alpha value is -1.23. The summed E-state index contributed by atoms with van der Waals surface area (Å²) in [5.41, 5.74) is 6.06. The predicted octanol–water partition coefficient (Wildman–Crippen LogP) is 1.54. The first-order valence-corrected chi connectivity index (χ1v) is 6.44. The molecule has 0 saturated heterocycles. The van der Waals surface area contributed by atoms with E-state index in [2.05, 4.69) is 23.5 Å². The van der Waals surface area contributed by atoms with Gasteiger partial charge in [0, 0.05) is 23.6 Å². The molecule has 1 unspecified atom stereocenters. The topological polar surface area (TPSA) is 68.0 Å². The molecule has 3 N–H and O–H groups in total. The van der Waals surface area contributed by atoms with Gasteiger partial charge in [-0.2, -0.15) is 11.8 Å². The fourth-order valence-corrected chi connectivity index (χ4v) is 1.55. The summed E-state index contributed by atoms with van der Waals surface area (Å²) >= 11 is 1.79. The van der Waals surface area contributed by atoms with Gasteiger partial charge in [-0.05, 0) is 24.8 Å². The molecular formula is C11H17N3OS. The standard InChI is InChI=1S/C11H17N3OS/c1-8(16-2)3-5-14-11(15)9-4-6-13-10(12)7-9/h4,6-8H,3,5H2,1-2H3,(H2,12,13)(H,14,15). The summed E-state index contributed by atoms with van der Waals surface area (Å²) < 4.78 is 0. The lowest BCUT2D eigenvalue weighted by molar-refractivity contribution is 0.0953. The minimum Gasteiger partial charge on any atom is -0.384 e. The smallest absolute Gasteiger partial charge is 0.251 e. The summed E-state index contributed by atoms with van der Waals surface area (Å²) in [7, 11) is 0. The van der Waals surface area contributed by atoms with Crippen LogP contribution in [0.25, 0.3) is 0 Å². The Kier molecular flexibility index (Phi) is 5.11. The Morgan fingerprint density at radius 2 is 2.44 bits per heavy atom. The highest BCUT2D eigenvalue weighted by Gasteiger charge is 2.06. The summed E-state index contributed by atoms with van der Waals surface area (Å²) in [6.45, 7) is 2.82. The van der Waals surface area contributed by atoms with Crippen molar-refractivity contribution in [3.63, 3.8) is 0 Å². The van der Waals surface area contributed by atoms with Crippen molar-refractivity contribution >= 4 is 23.5 Å². The Morgan fingerprint density at radius 1 is 1.69 bits per heavy atom. The number of hydrogen-bond donors (Lipinski definition) is 2. The number of rotatable bonds is 5. The fraction of sp³-hybridized carbons (Fsp3) is 0.455. The van der Waals surface area contributed by atoms with Crippen molar-refractivity contribution in [2.45, 2.75) is 18.6 Å². The molecule has 0 aliphatic heterocycles. The largest absolute Gasteiger partial charge is 0.384 e. The maximum absolute atomic E-state index is 11.7. The molecule has 1 aromatic heterocycles. The van der Waals surface area contributed by atoms with Crippen LogP contribution < -0.4 is 11.1 Å². The first kappa shape index (κ1) is 12.8. The van der Waals surface area contributed by atoms with Crippen LogP contribution >= 0.6 is 11.8 Å². The monoisotopic (exact) mass is 239 g/mol. The minimum absolute atomic E-state index is 0.0950. The zero-order valence-corrected chi connectivity index (χ0v) is 10.4. The van der Waals surface area contributed by atoms with Crippen molar-refractivity contribution in [1.82, 2.24) is 10.3 Å². The molecule has 1 aromatic rings. The molecule has 1 heterocycles. The number of aromatic nitrogens is 1. The van der Waals surface area contributed by atoms with Crippen LogP contribution in [0.3, 0.4) is 0 Å². The van der Waals surface area contributed by atoms with Gasteiger partial charge in [0.15, 0.2) is 0 Å². The van der Waals surface area contributed by atoms with E-state index in [0.29, 0.717) is 23.2 Å². The van der Waals surface area contributed by atoms with Gasteiger partial charge in [-0.25, -0.2) is 4.98 Å². The van der Waals surface area contributed by atoms with E-state index in [0.717, 1.165) is 6.42 Å². The van der Waals surface area contributed by atoms with Crippen molar-refractivity contribution in [2.24, 2.45) is 0 Å². The number of nitrogens with one attached hydrogen (secondary N) is 1. The highest BCUT2D eigenvalue weighted by molar-refractivity contribution is 7.99. The molecule has 1 atom stereocenters. The number of nitrogens with zero attached hydrogens (tertiary/aromatic N) is 1. The predicted molar refractivity (Wildman–Crippen MR) is 68.6 cm³/mol. The minimum atomic E-state index is -0.0950. The lowest BCUT2D eigenvalue weighted by Crippen LogP contribution is -2.26. The van der Waals surface area contributed by atoms with E-state index in [-0.39, 0.29) is 5.91 Å². The second-order valence-electron chi connectivity index (χ2n) is 3.56. The number of nitrogens with two attached hydrogens (primary N) is 1. The van der Waals surface area contributed by atoms with Crippen molar-refractivity contribution in [1.29, 1.82) is 0 Å². The SMILES string of the molecule is CSC(C)CCNC(=O)c1ccnc(N)c1. The van der Waals surface area contributed by atoms with E-state index in [4.69, 9.17) is 5.73 Å². The molecule has 1 amide bonds. The molecule has 0 aliphatic carbocycles. The lowest BCUT2D eigenvalue weighted by atomic mass is 10.2. The summed E-state index contributed by atoms with van der Waals surface area (Å²) in [4.78, 5) is 15.5. The molecule has 0 aromatic carbocycles. The van der Waals surface area contributed by atoms with Gasteiger partial charge in [0.1, 0.15) is 5.82 Å². The van der Waals surface area contributed by atoms with Crippen LogP contribution in [0.2, 0.25) is 0 Å². The molecule has 88 valence electrons. The molecule has 5 heteroatoms. The number of anilines is 1. The zero-order valence-electron chi connectivity index (χ0n) is 9.56. The van der Waals surface area contributed by atoms with Crippen LogP contribution in [0, 0.1) is 0 Å². The third-order valence-corrected chi connectivity index (χ3v) is 3.32. The number of carbonyl (C=O) groups is 1. The Bertz CT molecular complexity index is 357. The number of carbonyl (C=O) groups excluding carboxylic acids is 1. The van der Waals surface area contributed by atoms with Crippen LogP contribution in [-0.4, -0.2) is 28.9 Å². The first-order chi connectivity index (χ1) is 7.63. The highest BCUT2D eigenvalue weighted by Crippen LogP contribution is 2.08. The number of amides is 1. The number of nitrogen functional groups attached to an aromatic ring is 1.